The van der Waals surface area contributed by atoms with Crippen molar-refractivity contribution in [2.24, 2.45) is 0 Å². The highest BCUT2D eigenvalue weighted by Gasteiger charge is 2.16. The summed E-state index contributed by atoms with van der Waals surface area (Å²) in [5, 5.41) is 2.59. The van der Waals surface area contributed by atoms with Crippen LogP contribution in [0.25, 0.3) is 0 Å². The van der Waals surface area contributed by atoms with Gasteiger partial charge in [-0.1, -0.05) is 24.3 Å². The summed E-state index contributed by atoms with van der Waals surface area (Å²) in [6.45, 7) is 3.52. The second kappa shape index (κ2) is 8.37. The van der Waals surface area contributed by atoms with Crippen molar-refractivity contribution in [3.63, 3.8) is 0 Å². The quantitative estimate of drug-likeness (QED) is 0.773. The molecule has 0 aliphatic rings. The molecule has 2 aromatic carbocycles. The van der Waals surface area contributed by atoms with Crippen LogP contribution in [0.15, 0.2) is 42.5 Å². The van der Waals surface area contributed by atoms with E-state index in [1.54, 1.807) is 38.1 Å². The van der Waals surface area contributed by atoms with Crippen LogP contribution in [-0.4, -0.2) is 20.4 Å². The van der Waals surface area contributed by atoms with Gasteiger partial charge >= 0.3 is 0 Å². The standard InChI is InChI=1S/C18H20F2N2O3S/c1-12(2)22-26(24,25)11-15-6-4-3-5-14(15)10-21-18(23)13-7-8-16(19)17(20)9-13/h3-9,12,22H,10-11H2,1-2H3,(H,21,23). The molecule has 0 aliphatic heterocycles. The van der Waals surface area contributed by atoms with E-state index in [0.717, 1.165) is 12.1 Å². The molecule has 0 spiro atoms. The van der Waals surface area contributed by atoms with Gasteiger partial charge in [0.2, 0.25) is 10.0 Å². The summed E-state index contributed by atoms with van der Waals surface area (Å²) in [5.74, 6) is -2.94. The highest BCUT2D eigenvalue weighted by Crippen LogP contribution is 2.13. The lowest BCUT2D eigenvalue weighted by atomic mass is 10.1. The molecule has 0 atom stereocenters. The topological polar surface area (TPSA) is 75.3 Å². The van der Waals surface area contributed by atoms with Gasteiger partial charge in [-0.2, -0.15) is 0 Å². The van der Waals surface area contributed by atoms with Crippen LogP contribution in [0, 0.1) is 11.6 Å². The molecule has 8 heteroatoms. The van der Waals surface area contributed by atoms with Gasteiger partial charge in [0.1, 0.15) is 0 Å². The smallest absolute Gasteiger partial charge is 0.251 e. The van der Waals surface area contributed by atoms with Crippen molar-refractivity contribution in [3.05, 3.63) is 70.8 Å². The summed E-state index contributed by atoms with van der Waals surface area (Å²) >= 11 is 0. The van der Waals surface area contributed by atoms with E-state index in [2.05, 4.69) is 10.0 Å². The molecule has 0 unspecified atom stereocenters. The summed E-state index contributed by atoms with van der Waals surface area (Å²) in [4.78, 5) is 12.1. The first-order valence-corrected chi connectivity index (χ1v) is 9.63. The largest absolute Gasteiger partial charge is 0.348 e. The summed E-state index contributed by atoms with van der Waals surface area (Å²) < 4.78 is 52.9. The van der Waals surface area contributed by atoms with Crippen molar-refractivity contribution in [3.8, 4) is 0 Å². The van der Waals surface area contributed by atoms with Crippen LogP contribution >= 0.6 is 0 Å². The summed E-state index contributed by atoms with van der Waals surface area (Å²) in [7, 11) is -3.51. The maximum atomic E-state index is 13.2. The van der Waals surface area contributed by atoms with Crippen LogP contribution in [0.2, 0.25) is 0 Å². The molecular weight excluding hydrogens is 362 g/mol. The van der Waals surface area contributed by atoms with Crippen molar-refractivity contribution in [2.45, 2.75) is 32.2 Å². The predicted molar refractivity (Wildman–Crippen MR) is 94.9 cm³/mol. The fraction of sp³-hybridized carbons (Fsp3) is 0.278. The van der Waals surface area contributed by atoms with E-state index < -0.39 is 27.6 Å². The third-order valence-electron chi connectivity index (χ3n) is 3.50. The molecule has 0 aliphatic carbocycles. The van der Waals surface area contributed by atoms with Crippen molar-refractivity contribution < 1.29 is 22.0 Å². The second-order valence-electron chi connectivity index (χ2n) is 6.11. The van der Waals surface area contributed by atoms with E-state index in [1.165, 1.54) is 6.07 Å². The number of carbonyl (C=O) groups excluding carboxylic acids is 1. The maximum Gasteiger partial charge on any atom is 0.251 e. The van der Waals surface area contributed by atoms with Gasteiger partial charge in [-0.15, -0.1) is 0 Å². The number of hydrogen-bond donors (Lipinski definition) is 2. The SMILES string of the molecule is CC(C)NS(=O)(=O)Cc1ccccc1CNC(=O)c1ccc(F)c(F)c1. The zero-order valence-electron chi connectivity index (χ0n) is 14.4. The lowest BCUT2D eigenvalue weighted by molar-refractivity contribution is 0.0950. The van der Waals surface area contributed by atoms with E-state index in [1.807, 2.05) is 0 Å². The molecule has 0 saturated heterocycles. The Labute approximate surface area is 151 Å². The fourth-order valence-corrected chi connectivity index (χ4v) is 3.88. The maximum absolute atomic E-state index is 13.2. The molecule has 0 bridgehead atoms. The molecule has 0 fully saturated rings. The Kier molecular flexibility index (Phi) is 6.44. The van der Waals surface area contributed by atoms with E-state index in [4.69, 9.17) is 0 Å². The van der Waals surface area contributed by atoms with Gasteiger partial charge < -0.3 is 5.32 Å². The Hall–Kier alpha value is -2.32. The lowest BCUT2D eigenvalue weighted by Gasteiger charge is -2.13. The number of sulfonamides is 1. The van der Waals surface area contributed by atoms with Gasteiger partial charge in [-0.3, -0.25) is 4.79 Å². The third kappa shape index (κ3) is 5.60. The van der Waals surface area contributed by atoms with E-state index in [0.29, 0.717) is 11.1 Å². The van der Waals surface area contributed by atoms with Crippen molar-refractivity contribution in [2.75, 3.05) is 0 Å². The van der Waals surface area contributed by atoms with Crippen LogP contribution in [0.1, 0.15) is 35.3 Å². The Balaban J connectivity index is 2.10. The molecule has 0 radical (unpaired) electrons. The Bertz CT molecular complexity index is 899. The molecule has 0 saturated carbocycles. The molecule has 1 amide bonds. The molecule has 0 heterocycles. The third-order valence-corrected chi connectivity index (χ3v) is 5.02. The van der Waals surface area contributed by atoms with E-state index in [-0.39, 0.29) is 23.9 Å². The lowest BCUT2D eigenvalue weighted by Crippen LogP contribution is -2.32. The second-order valence-corrected chi connectivity index (χ2v) is 7.87. The average molecular weight is 382 g/mol. The Morgan fingerprint density at radius 1 is 1.04 bits per heavy atom. The molecule has 2 N–H and O–H groups in total. The number of carbonyl (C=O) groups is 1. The van der Waals surface area contributed by atoms with Crippen LogP contribution < -0.4 is 10.0 Å². The first-order chi connectivity index (χ1) is 12.2. The van der Waals surface area contributed by atoms with Crippen LogP contribution in [0.3, 0.4) is 0 Å². The first-order valence-electron chi connectivity index (χ1n) is 7.98. The van der Waals surface area contributed by atoms with Crippen molar-refractivity contribution >= 4 is 15.9 Å². The summed E-state index contributed by atoms with van der Waals surface area (Å²) in [5.41, 5.74) is 1.15. The Morgan fingerprint density at radius 2 is 1.69 bits per heavy atom. The summed E-state index contributed by atoms with van der Waals surface area (Å²) in [6.07, 6.45) is 0. The minimum atomic E-state index is -3.51. The fourth-order valence-electron chi connectivity index (χ4n) is 2.39. The molecule has 140 valence electrons. The van der Waals surface area contributed by atoms with E-state index >= 15 is 0 Å². The first kappa shape index (κ1) is 20.0. The van der Waals surface area contributed by atoms with E-state index in [9.17, 15) is 22.0 Å². The van der Waals surface area contributed by atoms with Gasteiger partial charge in [0, 0.05) is 18.2 Å². The van der Waals surface area contributed by atoms with Crippen molar-refractivity contribution in [1.82, 2.24) is 10.0 Å². The predicted octanol–water partition coefficient (Wildman–Crippen LogP) is 2.72. The van der Waals surface area contributed by atoms with Crippen molar-refractivity contribution in [1.29, 1.82) is 0 Å². The van der Waals surface area contributed by atoms with Gasteiger partial charge in [-0.25, -0.2) is 21.9 Å². The van der Waals surface area contributed by atoms with Crippen LogP contribution in [0.5, 0.6) is 0 Å². The van der Waals surface area contributed by atoms with Crippen LogP contribution in [-0.2, 0) is 22.3 Å². The zero-order valence-corrected chi connectivity index (χ0v) is 15.2. The van der Waals surface area contributed by atoms with Crippen LogP contribution in [0.4, 0.5) is 8.78 Å². The molecule has 0 aromatic heterocycles. The Morgan fingerprint density at radius 3 is 2.31 bits per heavy atom. The highest BCUT2D eigenvalue weighted by atomic mass is 32.2. The van der Waals surface area contributed by atoms with Gasteiger partial charge in [0.05, 0.1) is 5.75 Å². The summed E-state index contributed by atoms with van der Waals surface area (Å²) in [6, 6.07) is 9.45. The highest BCUT2D eigenvalue weighted by molar-refractivity contribution is 7.88. The zero-order chi connectivity index (χ0) is 19.3. The molecular formula is C18H20F2N2O3S. The number of hydrogen-bond acceptors (Lipinski definition) is 3. The normalized spacial score (nSPS) is 11.6. The molecule has 26 heavy (non-hydrogen) atoms. The number of halogens is 2. The van der Waals surface area contributed by atoms with Gasteiger partial charge in [0.15, 0.2) is 11.6 Å². The molecule has 2 rings (SSSR count). The van der Waals surface area contributed by atoms with Gasteiger partial charge in [0.25, 0.3) is 5.91 Å². The average Bonchev–Trinajstić information content (AvgIpc) is 2.54. The number of amides is 1. The molecule has 2 aromatic rings. The number of nitrogens with one attached hydrogen (secondary N) is 2. The number of rotatable bonds is 7. The monoisotopic (exact) mass is 382 g/mol. The van der Waals surface area contributed by atoms with Gasteiger partial charge in [-0.05, 0) is 43.2 Å². The molecule has 5 nitrogen and oxygen atoms in total. The minimum Gasteiger partial charge on any atom is -0.348 e. The minimum absolute atomic E-state index is 0.0181. The number of benzene rings is 2.